The van der Waals surface area contributed by atoms with E-state index >= 15 is 0 Å². The first-order valence-electron chi connectivity index (χ1n) is 5.59. The molecular formula is C11H27NO2. The highest BCUT2D eigenvalue weighted by Gasteiger charge is 1.94. The molecule has 0 unspecified atom stereocenters. The Morgan fingerprint density at radius 2 is 1.29 bits per heavy atom. The summed E-state index contributed by atoms with van der Waals surface area (Å²) in [4.78, 5) is 2.38. The second-order valence-electron chi connectivity index (χ2n) is 2.94. The summed E-state index contributed by atoms with van der Waals surface area (Å²) in [5.74, 6) is 0. The normalized spacial score (nSPS) is 14.1. The molecule has 3 nitrogen and oxygen atoms in total. The number of hydrogen-bond donors (Lipinski definition) is 1. The summed E-state index contributed by atoms with van der Waals surface area (Å²) in [5, 5.41) is 7.00. The Morgan fingerprint density at radius 1 is 0.929 bits per heavy atom. The van der Waals surface area contributed by atoms with Gasteiger partial charge in [-0.05, 0) is 32.5 Å². The molecule has 1 rings (SSSR count). The molecule has 1 N–H and O–H groups in total. The predicted octanol–water partition coefficient (Wildman–Crippen LogP) is 1.75. The maximum atomic E-state index is 7.00. The van der Waals surface area contributed by atoms with Gasteiger partial charge in [0.25, 0.3) is 0 Å². The predicted molar refractivity (Wildman–Crippen MR) is 61.7 cm³/mol. The average molecular weight is 205 g/mol. The van der Waals surface area contributed by atoms with Crippen LogP contribution < -0.4 is 0 Å². The topological polar surface area (TPSA) is 32.7 Å². The van der Waals surface area contributed by atoms with Crippen molar-refractivity contribution in [1.29, 1.82) is 0 Å². The first-order chi connectivity index (χ1) is 6.85. The van der Waals surface area contributed by atoms with Crippen molar-refractivity contribution in [3.8, 4) is 0 Å². The number of hydrogen-bond acceptors (Lipinski definition) is 3. The maximum absolute atomic E-state index is 7.00. The van der Waals surface area contributed by atoms with Crippen molar-refractivity contribution in [1.82, 2.24) is 4.90 Å². The lowest BCUT2D eigenvalue weighted by atomic mass is 10.4. The lowest BCUT2D eigenvalue weighted by Gasteiger charge is -2.13. The molecule has 0 aromatic heterocycles. The summed E-state index contributed by atoms with van der Waals surface area (Å²) < 4.78 is 4.94. The summed E-state index contributed by atoms with van der Waals surface area (Å²) in [6.07, 6.45) is 2.56. The van der Waals surface area contributed by atoms with Crippen molar-refractivity contribution >= 4 is 0 Å². The first kappa shape index (κ1) is 16.3. The molecule has 1 fully saturated rings. The number of ether oxygens (including phenoxy) is 1. The molecule has 0 aromatic carbocycles. The number of nitrogens with zero attached hydrogens (tertiary/aromatic N) is 1. The van der Waals surface area contributed by atoms with Gasteiger partial charge in [-0.25, -0.2) is 0 Å². The highest BCUT2D eigenvalue weighted by molar-refractivity contribution is 4.44. The van der Waals surface area contributed by atoms with Crippen molar-refractivity contribution in [2.45, 2.75) is 33.6 Å². The third-order valence-electron chi connectivity index (χ3n) is 2.17. The third kappa shape index (κ3) is 11.9. The van der Waals surface area contributed by atoms with E-state index in [-0.39, 0.29) is 0 Å². The summed E-state index contributed by atoms with van der Waals surface area (Å²) in [7, 11) is 1.00. The second kappa shape index (κ2) is 15.4. The minimum Gasteiger partial charge on any atom is -0.400 e. The Balaban J connectivity index is 0. The van der Waals surface area contributed by atoms with Gasteiger partial charge in [0, 0.05) is 20.3 Å². The van der Waals surface area contributed by atoms with Crippen LogP contribution in [-0.2, 0) is 4.74 Å². The number of rotatable bonds is 3. The molecule has 1 aliphatic rings. The van der Waals surface area contributed by atoms with Gasteiger partial charge in [0.1, 0.15) is 0 Å². The zero-order chi connectivity index (χ0) is 11.2. The van der Waals surface area contributed by atoms with Crippen LogP contribution in [0.4, 0.5) is 0 Å². The van der Waals surface area contributed by atoms with Crippen LogP contribution >= 0.6 is 0 Å². The van der Waals surface area contributed by atoms with E-state index in [0.29, 0.717) is 0 Å². The fourth-order valence-electron chi connectivity index (χ4n) is 1.18. The summed E-state index contributed by atoms with van der Waals surface area (Å²) in [6, 6.07) is 0. The van der Waals surface area contributed by atoms with Gasteiger partial charge in [0.15, 0.2) is 0 Å². The molecule has 0 amide bonds. The van der Waals surface area contributed by atoms with Gasteiger partial charge in [-0.2, -0.15) is 0 Å². The van der Waals surface area contributed by atoms with E-state index in [1.807, 2.05) is 0 Å². The van der Waals surface area contributed by atoms with E-state index in [9.17, 15) is 0 Å². The second-order valence-corrected chi connectivity index (χ2v) is 2.94. The molecule has 3 heteroatoms. The molecule has 0 aromatic rings. The molecule has 0 radical (unpaired) electrons. The van der Waals surface area contributed by atoms with Crippen molar-refractivity contribution in [3.63, 3.8) is 0 Å². The fraction of sp³-hybridized carbons (Fsp3) is 1.00. The quantitative estimate of drug-likeness (QED) is 0.762. The van der Waals surface area contributed by atoms with Gasteiger partial charge in [0.2, 0.25) is 0 Å². The molecule has 14 heavy (non-hydrogen) atoms. The van der Waals surface area contributed by atoms with Crippen molar-refractivity contribution in [3.05, 3.63) is 0 Å². The van der Waals surface area contributed by atoms with Crippen molar-refractivity contribution in [2.24, 2.45) is 0 Å². The summed E-state index contributed by atoms with van der Waals surface area (Å²) >= 11 is 0. The molecule has 1 saturated heterocycles. The van der Waals surface area contributed by atoms with Crippen molar-refractivity contribution < 1.29 is 9.84 Å². The van der Waals surface area contributed by atoms with E-state index in [1.54, 1.807) is 0 Å². The molecule has 0 spiro atoms. The minimum absolute atomic E-state index is 1.00. The Morgan fingerprint density at radius 3 is 1.36 bits per heavy atom. The van der Waals surface area contributed by atoms with Gasteiger partial charge in [0.05, 0.1) is 0 Å². The van der Waals surface area contributed by atoms with Gasteiger partial charge in [-0.15, -0.1) is 0 Å². The van der Waals surface area contributed by atoms with Crippen LogP contribution in [0.3, 0.4) is 0 Å². The van der Waals surface area contributed by atoms with Gasteiger partial charge >= 0.3 is 0 Å². The van der Waals surface area contributed by atoms with E-state index in [2.05, 4.69) is 25.7 Å². The lowest BCUT2D eigenvalue weighted by molar-refractivity contribution is 0.198. The molecule has 88 valence electrons. The zero-order valence-corrected chi connectivity index (χ0v) is 10.3. The van der Waals surface area contributed by atoms with Crippen LogP contribution in [0.2, 0.25) is 0 Å². The van der Waals surface area contributed by atoms with Crippen molar-refractivity contribution in [2.75, 3.05) is 40.0 Å². The van der Waals surface area contributed by atoms with Gasteiger partial charge < -0.3 is 14.7 Å². The van der Waals surface area contributed by atoms with Crippen LogP contribution in [-0.4, -0.2) is 50.0 Å². The molecule has 1 heterocycles. The molecule has 0 aliphatic carbocycles. The number of aliphatic hydroxyl groups is 1. The third-order valence-corrected chi connectivity index (χ3v) is 2.17. The highest BCUT2D eigenvalue weighted by atomic mass is 16.5. The Labute approximate surface area is 89.1 Å². The SMILES string of the molecule is C1CCOC1.CCN(CC)CC.CO. The number of aliphatic hydroxyl groups excluding tert-OH is 1. The lowest BCUT2D eigenvalue weighted by Crippen LogP contribution is -2.21. The zero-order valence-electron chi connectivity index (χ0n) is 10.3. The first-order valence-corrected chi connectivity index (χ1v) is 5.59. The van der Waals surface area contributed by atoms with E-state index in [1.165, 1.54) is 32.5 Å². The molecule has 1 aliphatic heterocycles. The standard InChI is InChI=1S/C6H15N.C4H8O.CH4O/c1-4-7(5-2)6-3;1-2-4-5-3-1;1-2/h4-6H2,1-3H3;1-4H2;2H,1H3. The average Bonchev–Trinajstić information content (AvgIpc) is 2.82. The summed E-state index contributed by atoms with van der Waals surface area (Å²) in [6.45, 7) is 12.1. The van der Waals surface area contributed by atoms with E-state index in [0.717, 1.165) is 20.3 Å². The van der Waals surface area contributed by atoms with Crippen LogP contribution in [0.5, 0.6) is 0 Å². The fourth-order valence-corrected chi connectivity index (χ4v) is 1.18. The van der Waals surface area contributed by atoms with E-state index < -0.39 is 0 Å². The Bertz CT molecular complexity index is 68.2. The summed E-state index contributed by atoms with van der Waals surface area (Å²) in [5.41, 5.74) is 0. The maximum Gasteiger partial charge on any atom is 0.0466 e. The van der Waals surface area contributed by atoms with Crippen LogP contribution in [0.1, 0.15) is 33.6 Å². The highest BCUT2D eigenvalue weighted by Crippen LogP contribution is 1.98. The minimum atomic E-state index is 1.00. The molecular weight excluding hydrogens is 178 g/mol. The van der Waals surface area contributed by atoms with Gasteiger partial charge in [-0.3, -0.25) is 0 Å². The van der Waals surface area contributed by atoms with Crippen LogP contribution in [0, 0.1) is 0 Å². The molecule has 0 saturated carbocycles. The monoisotopic (exact) mass is 205 g/mol. The van der Waals surface area contributed by atoms with Crippen LogP contribution in [0.25, 0.3) is 0 Å². The largest absolute Gasteiger partial charge is 0.400 e. The molecule has 0 bridgehead atoms. The Kier molecular flexibility index (Phi) is 17.9. The smallest absolute Gasteiger partial charge is 0.0466 e. The van der Waals surface area contributed by atoms with E-state index in [4.69, 9.17) is 9.84 Å². The Hall–Kier alpha value is -0.120. The van der Waals surface area contributed by atoms with Crippen LogP contribution in [0.15, 0.2) is 0 Å². The van der Waals surface area contributed by atoms with Gasteiger partial charge in [-0.1, -0.05) is 20.8 Å². The molecule has 0 atom stereocenters.